The highest BCUT2D eigenvalue weighted by Crippen LogP contribution is 2.44. The second kappa shape index (κ2) is 14.1. The molecule has 0 bridgehead atoms. The maximum atomic E-state index is 15.2. The highest BCUT2D eigenvalue weighted by atomic mass is 79.9. The Morgan fingerprint density at radius 3 is 2.23 bits per heavy atom. The average molecular weight is 824 g/mol. The van der Waals surface area contributed by atoms with E-state index in [0.717, 1.165) is 70.4 Å². The summed E-state index contributed by atoms with van der Waals surface area (Å²) in [7, 11) is 0. The molecule has 0 saturated carbocycles. The lowest BCUT2D eigenvalue weighted by molar-refractivity contribution is -0.129. The van der Waals surface area contributed by atoms with Crippen molar-refractivity contribution in [2.45, 2.75) is 63.8 Å². The molecule has 5 aromatic rings. The predicted molar refractivity (Wildman–Crippen MR) is 214 cm³/mol. The standard InChI is InChI=1S/C42H41BrF2N8O3/c1-42(2)29-10-9-28(21-34(29)52-33-6-3-5-30(43)38(33)40(56)48-41(42)52)50-17-15-49(16-18-50)24-27-22-47-35(23-46-27)51-13-11-25(12-14-51)26-19-31(44)39(32(45)20-26)53-36(54)7-4-8-37(53)55/h3,5-6,9-10,19-23,25H,4,7-8,11-18,24H2,1-2H3. The number of rotatable bonds is 6. The molecule has 0 N–H and O–H groups in total. The number of imide groups is 1. The van der Waals surface area contributed by atoms with Crippen LogP contribution >= 0.6 is 15.9 Å². The molecule has 3 aromatic carbocycles. The summed E-state index contributed by atoms with van der Waals surface area (Å²) in [5, 5.41) is 0.585. The van der Waals surface area contributed by atoms with Gasteiger partial charge in [0.05, 0.1) is 40.1 Å². The van der Waals surface area contributed by atoms with Crippen LogP contribution in [0.3, 0.4) is 0 Å². The second-order valence-corrected chi connectivity index (χ2v) is 16.6. The fraction of sp³-hybridized carbons (Fsp3) is 0.381. The van der Waals surface area contributed by atoms with Crippen LogP contribution in [0, 0.1) is 11.6 Å². The normalized spacial score (nSPS) is 18.8. The zero-order chi connectivity index (χ0) is 38.9. The van der Waals surface area contributed by atoms with Gasteiger partial charge in [-0.15, -0.1) is 0 Å². The number of piperidine rings is 2. The first-order valence-electron chi connectivity index (χ1n) is 19.2. The van der Waals surface area contributed by atoms with E-state index in [2.05, 4.69) is 72.2 Å². The molecule has 11 nitrogen and oxygen atoms in total. The van der Waals surface area contributed by atoms with Crippen LogP contribution in [0.5, 0.6) is 0 Å². The van der Waals surface area contributed by atoms with Crippen molar-refractivity contribution in [3.05, 3.63) is 110 Å². The van der Waals surface area contributed by atoms with Crippen molar-refractivity contribution >= 4 is 55.8 Å². The molecule has 288 valence electrons. The fourth-order valence-electron chi connectivity index (χ4n) is 8.91. The summed E-state index contributed by atoms with van der Waals surface area (Å²) in [4.78, 5) is 59.4. The quantitative estimate of drug-likeness (QED) is 0.175. The number of nitrogens with zero attached hydrogens (tertiary/aromatic N) is 8. The predicted octanol–water partition coefficient (Wildman–Crippen LogP) is 6.61. The van der Waals surface area contributed by atoms with Crippen LogP contribution in [0.25, 0.3) is 16.6 Å². The van der Waals surface area contributed by atoms with Crippen molar-refractivity contribution in [3.63, 3.8) is 0 Å². The molecular formula is C42H41BrF2N8O3. The molecule has 56 heavy (non-hydrogen) atoms. The minimum absolute atomic E-state index is 0.0625. The third-order valence-corrected chi connectivity index (χ3v) is 12.6. The molecule has 0 spiro atoms. The van der Waals surface area contributed by atoms with Gasteiger partial charge in [0.15, 0.2) is 11.6 Å². The highest BCUT2D eigenvalue weighted by molar-refractivity contribution is 9.10. The number of amides is 2. The Balaban J connectivity index is 0.815. The molecule has 9 rings (SSSR count). The molecule has 6 heterocycles. The van der Waals surface area contributed by atoms with E-state index in [-0.39, 0.29) is 24.3 Å². The van der Waals surface area contributed by atoms with Crippen LogP contribution < -0.4 is 20.3 Å². The SMILES string of the molecule is CC1(C)c2ccc(N3CCN(Cc4cnc(N5CCC(c6cc(F)c(N7C(=O)CCCC7=O)c(F)c6)CC5)cn4)CC3)cc2-n2c1nc(=O)c1c(Br)cccc12. The van der Waals surface area contributed by atoms with Gasteiger partial charge in [0.1, 0.15) is 17.3 Å². The number of hydrogen-bond donors (Lipinski definition) is 0. The van der Waals surface area contributed by atoms with Crippen molar-refractivity contribution in [2.75, 3.05) is 54.0 Å². The average Bonchev–Trinajstić information content (AvgIpc) is 3.41. The molecule has 4 aliphatic rings. The Bertz CT molecular complexity index is 2420. The number of carbonyl (C=O) groups is 2. The Labute approximate surface area is 331 Å². The van der Waals surface area contributed by atoms with E-state index in [1.807, 2.05) is 24.4 Å². The molecule has 0 atom stereocenters. The Morgan fingerprint density at radius 1 is 0.839 bits per heavy atom. The topological polar surface area (TPSA) is 108 Å². The van der Waals surface area contributed by atoms with Gasteiger partial charge in [-0.1, -0.05) is 12.1 Å². The number of carbonyl (C=O) groups excluding carboxylic acids is 2. The van der Waals surface area contributed by atoms with Gasteiger partial charge in [0.25, 0.3) is 5.56 Å². The highest BCUT2D eigenvalue weighted by Gasteiger charge is 2.39. The number of aromatic nitrogens is 4. The lowest BCUT2D eigenvalue weighted by atomic mass is 9.85. The van der Waals surface area contributed by atoms with E-state index in [9.17, 15) is 14.4 Å². The lowest BCUT2D eigenvalue weighted by Crippen LogP contribution is -2.46. The van der Waals surface area contributed by atoms with E-state index >= 15 is 8.78 Å². The van der Waals surface area contributed by atoms with E-state index < -0.39 is 34.6 Å². The summed E-state index contributed by atoms with van der Waals surface area (Å²) in [5.41, 5.74) is 4.42. The smallest absolute Gasteiger partial charge is 0.281 e. The van der Waals surface area contributed by atoms with Gasteiger partial charge in [0.2, 0.25) is 11.8 Å². The minimum Gasteiger partial charge on any atom is -0.369 e. The maximum absolute atomic E-state index is 15.2. The summed E-state index contributed by atoms with van der Waals surface area (Å²) >= 11 is 3.57. The Kier molecular flexibility index (Phi) is 9.23. The third kappa shape index (κ3) is 6.26. The van der Waals surface area contributed by atoms with Gasteiger partial charge in [-0.25, -0.2) is 18.7 Å². The second-order valence-electron chi connectivity index (χ2n) is 15.7. The largest absolute Gasteiger partial charge is 0.369 e. The van der Waals surface area contributed by atoms with Crippen molar-refractivity contribution in [1.82, 2.24) is 24.4 Å². The summed E-state index contributed by atoms with van der Waals surface area (Å²) in [6.45, 7) is 9.70. The van der Waals surface area contributed by atoms with Crippen LogP contribution in [0.15, 0.2) is 70.2 Å². The molecule has 0 radical (unpaired) electrons. The number of piperazine rings is 1. The van der Waals surface area contributed by atoms with E-state index in [1.165, 1.54) is 12.1 Å². The Morgan fingerprint density at radius 2 is 1.55 bits per heavy atom. The van der Waals surface area contributed by atoms with Gasteiger partial charge in [0, 0.05) is 68.8 Å². The summed E-state index contributed by atoms with van der Waals surface area (Å²) < 4.78 is 33.3. The zero-order valence-electron chi connectivity index (χ0n) is 31.3. The van der Waals surface area contributed by atoms with E-state index in [0.29, 0.717) is 54.7 Å². The summed E-state index contributed by atoms with van der Waals surface area (Å²) in [6, 6.07) is 15.0. The van der Waals surface area contributed by atoms with Crippen molar-refractivity contribution in [3.8, 4) is 5.69 Å². The fourth-order valence-corrected chi connectivity index (χ4v) is 9.43. The number of fused-ring (bicyclic) bond motifs is 5. The molecule has 0 aliphatic carbocycles. The third-order valence-electron chi connectivity index (χ3n) is 12.0. The summed E-state index contributed by atoms with van der Waals surface area (Å²) in [5.74, 6) is -1.44. The molecule has 3 saturated heterocycles. The molecule has 4 aliphatic heterocycles. The van der Waals surface area contributed by atoms with Gasteiger partial charge in [-0.05, 0) is 102 Å². The molecular weight excluding hydrogens is 782 g/mol. The Hall–Kier alpha value is -5.08. The van der Waals surface area contributed by atoms with Gasteiger partial charge in [-0.2, -0.15) is 4.98 Å². The number of anilines is 3. The van der Waals surface area contributed by atoms with Crippen molar-refractivity contribution in [1.29, 1.82) is 0 Å². The van der Waals surface area contributed by atoms with Crippen molar-refractivity contribution in [2.24, 2.45) is 0 Å². The first-order chi connectivity index (χ1) is 27.0. The maximum Gasteiger partial charge on any atom is 0.281 e. The number of halogens is 3. The molecule has 3 fully saturated rings. The van der Waals surface area contributed by atoms with Gasteiger partial charge in [-0.3, -0.25) is 28.8 Å². The van der Waals surface area contributed by atoms with E-state index in [4.69, 9.17) is 9.97 Å². The van der Waals surface area contributed by atoms with Crippen LogP contribution in [-0.4, -0.2) is 75.5 Å². The first-order valence-corrected chi connectivity index (χ1v) is 20.0. The zero-order valence-corrected chi connectivity index (χ0v) is 32.9. The number of benzene rings is 3. The monoisotopic (exact) mass is 822 g/mol. The summed E-state index contributed by atoms with van der Waals surface area (Å²) in [6.07, 6.45) is 5.58. The van der Waals surface area contributed by atoms with Gasteiger partial charge >= 0.3 is 0 Å². The van der Waals surface area contributed by atoms with Crippen LogP contribution in [0.2, 0.25) is 0 Å². The molecule has 14 heteroatoms. The van der Waals surface area contributed by atoms with Crippen LogP contribution in [0.1, 0.15) is 74.5 Å². The van der Waals surface area contributed by atoms with Crippen LogP contribution in [-0.2, 0) is 21.5 Å². The van der Waals surface area contributed by atoms with E-state index in [1.54, 1.807) is 6.20 Å². The number of hydrogen-bond acceptors (Lipinski definition) is 9. The minimum atomic E-state index is -0.882. The lowest BCUT2D eigenvalue weighted by Gasteiger charge is -2.36. The first kappa shape index (κ1) is 36.6. The molecule has 0 unspecified atom stereocenters. The van der Waals surface area contributed by atoms with Crippen molar-refractivity contribution < 1.29 is 18.4 Å². The van der Waals surface area contributed by atoms with Gasteiger partial charge < -0.3 is 9.80 Å². The van der Waals surface area contributed by atoms with Crippen LogP contribution in [0.4, 0.5) is 26.0 Å². The molecule has 2 aromatic heterocycles. The molecule has 2 amide bonds.